The van der Waals surface area contributed by atoms with Crippen molar-refractivity contribution in [3.05, 3.63) is 29.8 Å². The van der Waals surface area contributed by atoms with E-state index in [0.29, 0.717) is 0 Å². The van der Waals surface area contributed by atoms with Crippen molar-refractivity contribution in [1.29, 1.82) is 0 Å². The Labute approximate surface area is 115 Å². The maximum atomic E-state index is 12.4. The zero-order valence-corrected chi connectivity index (χ0v) is 12.1. The minimum absolute atomic E-state index is 0.0224. The predicted molar refractivity (Wildman–Crippen MR) is 79.2 cm³/mol. The van der Waals surface area contributed by atoms with E-state index in [1.165, 1.54) is 11.3 Å². The second-order valence-corrected chi connectivity index (χ2v) is 5.60. The Morgan fingerprint density at radius 1 is 1.47 bits per heavy atom. The topological polar surface area (TPSA) is 41.1 Å². The minimum atomic E-state index is 0.0224. The van der Waals surface area contributed by atoms with Crippen LogP contribution in [0.15, 0.2) is 24.3 Å². The Morgan fingerprint density at radius 3 is 2.95 bits per heavy atom. The number of hydrogen-bond acceptors (Lipinski definition) is 2. The number of carbonyl (C=O) groups excluding carboxylic acids is 1. The van der Waals surface area contributed by atoms with E-state index in [0.717, 1.165) is 19.3 Å². The highest BCUT2D eigenvalue weighted by Crippen LogP contribution is 2.28. The van der Waals surface area contributed by atoms with Crippen molar-refractivity contribution in [2.75, 3.05) is 5.32 Å². The fraction of sp³-hybridized carbons (Fsp3) is 0.562. The van der Waals surface area contributed by atoms with Crippen molar-refractivity contribution in [3.63, 3.8) is 0 Å². The molecule has 104 valence electrons. The van der Waals surface area contributed by atoms with E-state index in [4.69, 9.17) is 0 Å². The van der Waals surface area contributed by atoms with E-state index in [-0.39, 0.29) is 23.9 Å². The van der Waals surface area contributed by atoms with Gasteiger partial charge in [0.1, 0.15) is 0 Å². The molecule has 3 nitrogen and oxygen atoms in total. The van der Waals surface area contributed by atoms with Crippen LogP contribution in [0.3, 0.4) is 0 Å². The van der Waals surface area contributed by atoms with Crippen molar-refractivity contribution in [1.82, 2.24) is 5.32 Å². The summed E-state index contributed by atoms with van der Waals surface area (Å²) in [7, 11) is 0. The van der Waals surface area contributed by atoms with Crippen LogP contribution in [0.5, 0.6) is 0 Å². The first kappa shape index (κ1) is 13.9. The number of anilines is 1. The standard InChI is InChI=1S/C16H24N2O/c1-4-7-11(2)17-16(19)14-10-13-8-5-6-9-15(13)18-12(14)3/h5-6,8-9,11-12,14,18H,4,7,10H2,1-3H3,(H,17,19). The van der Waals surface area contributed by atoms with Gasteiger partial charge in [0.2, 0.25) is 5.91 Å². The minimum Gasteiger partial charge on any atom is -0.382 e. The molecule has 3 atom stereocenters. The van der Waals surface area contributed by atoms with Crippen LogP contribution in [0.25, 0.3) is 0 Å². The molecule has 0 radical (unpaired) electrons. The van der Waals surface area contributed by atoms with E-state index in [1.54, 1.807) is 0 Å². The predicted octanol–water partition coefficient (Wildman–Crippen LogP) is 2.96. The van der Waals surface area contributed by atoms with Crippen LogP contribution in [-0.4, -0.2) is 18.0 Å². The van der Waals surface area contributed by atoms with Crippen LogP contribution >= 0.6 is 0 Å². The molecule has 2 rings (SSSR count). The molecule has 0 bridgehead atoms. The van der Waals surface area contributed by atoms with Crippen LogP contribution in [0.1, 0.15) is 39.2 Å². The summed E-state index contributed by atoms with van der Waals surface area (Å²) in [6.45, 7) is 6.31. The monoisotopic (exact) mass is 260 g/mol. The smallest absolute Gasteiger partial charge is 0.225 e. The second kappa shape index (κ2) is 6.09. The normalized spacial score (nSPS) is 23.1. The fourth-order valence-electron chi connectivity index (χ4n) is 2.77. The van der Waals surface area contributed by atoms with Crippen molar-refractivity contribution in [2.45, 2.75) is 52.1 Å². The van der Waals surface area contributed by atoms with Gasteiger partial charge < -0.3 is 10.6 Å². The molecule has 1 amide bonds. The van der Waals surface area contributed by atoms with E-state index >= 15 is 0 Å². The van der Waals surface area contributed by atoms with Crippen molar-refractivity contribution in [2.24, 2.45) is 5.92 Å². The third kappa shape index (κ3) is 3.28. The molecule has 19 heavy (non-hydrogen) atoms. The highest BCUT2D eigenvalue weighted by atomic mass is 16.2. The Hall–Kier alpha value is -1.51. The lowest BCUT2D eigenvalue weighted by Crippen LogP contribution is -2.46. The number of fused-ring (bicyclic) bond motifs is 1. The molecule has 0 saturated heterocycles. The summed E-state index contributed by atoms with van der Waals surface area (Å²) in [5.41, 5.74) is 2.41. The molecule has 0 spiro atoms. The van der Waals surface area contributed by atoms with Gasteiger partial charge in [-0.2, -0.15) is 0 Å². The maximum absolute atomic E-state index is 12.4. The Morgan fingerprint density at radius 2 is 2.21 bits per heavy atom. The molecule has 0 saturated carbocycles. The number of benzene rings is 1. The van der Waals surface area contributed by atoms with E-state index < -0.39 is 0 Å². The van der Waals surface area contributed by atoms with E-state index in [2.05, 4.69) is 43.5 Å². The van der Waals surface area contributed by atoms with Crippen LogP contribution < -0.4 is 10.6 Å². The van der Waals surface area contributed by atoms with E-state index in [9.17, 15) is 4.79 Å². The molecule has 1 aliphatic heterocycles. The summed E-state index contributed by atoms with van der Waals surface area (Å²) >= 11 is 0. The van der Waals surface area contributed by atoms with E-state index in [1.807, 2.05) is 12.1 Å². The molecule has 0 aromatic heterocycles. The molecule has 1 aliphatic rings. The first-order valence-corrected chi connectivity index (χ1v) is 7.26. The Bertz CT molecular complexity index is 444. The molecule has 0 fully saturated rings. The SMILES string of the molecule is CCCC(C)NC(=O)C1Cc2ccccc2NC1C. The number of hydrogen-bond donors (Lipinski definition) is 2. The summed E-state index contributed by atoms with van der Waals surface area (Å²) in [4.78, 5) is 12.4. The summed E-state index contributed by atoms with van der Waals surface area (Å²) in [5, 5.41) is 6.57. The second-order valence-electron chi connectivity index (χ2n) is 5.60. The number of carbonyl (C=O) groups is 1. The molecular weight excluding hydrogens is 236 g/mol. The van der Waals surface area contributed by atoms with Crippen LogP contribution in [0.4, 0.5) is 5.69 Å². The van der Waals surface area contributed by atoms with Gasteiger partial charge in [-0.1, -0.05) is 31.5 Å². The largest absolute Gasteiger partial charge is 0.382 e. The Balaban J connectivity index is 2.03. The average Bonchev–Trinajstić information content (AvgIpc) is 2.38. The highest BCUT2D eigenvalue weighted by Gasteiger charge is 2.30. The summed E-state index contributed by atoms with van der Waals surface area (Å²) in [6, 6.07) is 8.70. The van der Waals surface area contributed by atoms with Gasteiger partial charge in [0.15, 0.2) is 0 Å². The van der Waals surface area contributed by atoms with Crippen LogP contribution in [-0.2, 0) is 11.2 Å². The van der Waals surface area contributed by atoms with Gasteiger partial charge in [0.25, 0.3) is 0 Å². The maximum Gasteiger partial charge on any atom is 0.225 e. The molecular formula is C16H24N2O. The third-order valence-electron chi connectivity index (χ3n) is 3.89. The lowest BCUT2D eigenvalue weighted by molar-refractivity contribution is -0.126. The molecule has 1 aromatic carbocycles. The summed E-state index contributed by atoms with van der Waals surface area (Å²) in [5.74, 6) is 0.199. The number of para-hydroxylation sites is 1. The van der Waals surface area contributed by atoms with Crippen LogP contribution in [0, 0.1) is 5.92 Å². The van der Waals surface area contributed by atoms with Gasteiger partial charge in [-0.25, -0.2) is 0 Å². The van der Waals surface area contributed by atoms with Gasteiger partial charge >= 0.3 is 0 Å². The molecule has 1 aromatic rings. The number of nitrogens with one attached hydrogen (secondary N) is 2. The van der Waals surface area contributed by atoms with Crippen molar-refractivity contribution in [3.8, 4) is 0 Å². The zero-order valence-electron chi connectivity index (χ0n) is 12.1. The van der Waals surface area contributed by atoms with Crippen molar-refractivity contribution < 1.29 is 4.79 Å². The van der Waals surface area contributed by atoms with Gasteiger partial charge in [0.05, 0.1) is 5.92 Å². The van der Waals surface area contributed by atoms with Crippen molar-refractivity contribution >= 4 is 11.6 Å². The van der Waals surface area contributed by atoms with Gasteiger partial charge in [-0.3, -0.25) is 4.79 Å². The van der Waals surface area contributed by atoms with Crippen LogP contribution in [0.2, 0.25) is 0 Å². The molecule has 1 heterocycles. The lowest BCUT2D eigenvalue weighted by atomic mass is 9.87. The Kier molecular flexibility index (Phi) is 4.46. The van der Waals surface area contributed by atoms with Gasteiger partial charge in [0, 0.05) is 17.8 Å². The first-order valence-electron chi connectivity index (χ1n) is 7.26. The number of amides is 1. The van der Waals surface area contributed by atoms with Gasteiger partial charge in [-0.15, -0.1) is 0 Å². The zero-order chi connectivity index (χ0) is 13.8. The summed E-state index contributed by atoms with van der Waals surface area (Å²) < 4.78 is 0. The first-order chi connectivity index (χ1) is 9.11. The fourth-order valence-corrected chi connectivity index (χ4v) is 2.77. The highest BCUT2D eigenvalue weighted by molar-refractivity contribution is 5.81. The molecule has 0 aliphatic carbocycles. The molecule has 2 N–H and O–H groups in total. The van der Waals surface area contributed by atoms with Gasteiger partial charge in [-0.05, 0) is 38.3 Å². The lowest BCUT2D eigenvalue weighted by Gasteiger charge is -2.32. The third-order valence-corrected chi connectivity index (χ3v) is 3.89. The molecule has 3 unspecified atom stereocenters. The molecule has 3 heteroatoms. The number of rotatable bonds is 4. The quantitative estimate of drug-likeness (QED) is 0.874. The summed E-state index contributed by atoms with van der Waals surface area (Å²) in [6.07, 6.45) is 2.97. The average molecular weight is 260 g/mol.